The van der Waals surface area contributed by atoms with E-state index in [0.29, 0.717) is 17.3 Å². The van der Waals surface area contributed by atoms with Crippen molar-refractivity contribution in [2.75, 3.05) is 5.73 Å². The van der Waals surface area contributed by atoms with Crippen molar-refractivity contribution in [2.45, 2.75) is 13.8 Å². The second-order valence-electron chi connectivity index (χ2n) is 3.90. The van der Waals surface area contributed by atoms with Crippen LogP contribution >= 0.6 is 0 Å². The highest BCUT2D eigenvalue weighted by Crippen LogP contribution is 2.26. The van der Waals surface area contributed by atoms with E-state index in [1.54, 1.807) is 19.1 Å². The standard InChI is InChI=1S/C13H13FN2O/c1-8-5-10(14)3-4-12(8)17-13-9(2)6-11(15)7-16-13/h3-7H,15H2,1-2H3. The number of pyridine rings is 1. The van der Waals surface area contributed by atoms with Crippen LogP contribution in [0.3, 0.4) is 0 Å². The zero-order valence-electron chi connectivity index (χ0n) is 9.70. The molecule has 88 valence electrons. The van der Waals surface area contributed by atoms with Gasteiger partial charge in [-0.25, -0.2) is 9.37 Å². The highest BCUT2D eigenvalue weighted by atomic mass is 19.1. The van der Waals surface area contributed by atoms with Gasteiger partial charge in [0, 0.05) is 5.56 Å². The van der Waals surface area contributed by atoms with Gasteiger partial charge >= 0.3 is 0 Å². The number of nitrogens with two attached hydrogens (primary N) is 1. The molecule has 2 N–H and O–H groups in total. The van der Waals surface area contributed by atoms with Crippen molar-refractivity contribution in [1.29, 1.82) is 0 Å². The molecule has 0 radical (unpaired) electrons. The number of benzene rings is 1. The quantitative estimate of drug-likeness (QED) is 0.864. The molecule has 0 atom stereocenters. The average molecular weight is 232 g/mol. The van der Waals surface area contributed by atoms with Crippen LogP contribution in [-0.4, -0.2) is 4.98 Å². The Bertz CT molecular complexity index is 506. The van der Waals surface area contributed by atoms with Gasteiger partial charge in [0.25, 0.3) is 0 Å². The summed E-state index contributed by atoms with van der Waals surface area (Å²) >= 11 is 0. The van der Waals surface area contributed by atoms with Crippen molar-refractivity contribution in [3.63, 3.8) is 0 Å². The van der Waals surface area contributed by atoms with Gasteiger partial charge in [0.15, 0.2) is 0 Å². The summed E-state index contributed by atoms with van der Waals surface area (Å²) in [7, 11) is 0. The van der Waals surface area contributed by atoms with Gasteiger partial charge in [-0.3, -0.25) is 0 Å². The third-order valence-electron chi connectivity index (χ3n) is 2.40. The van der Waals surface area contributed by atoms with E-state index < -0.39 is 0 Å². The topological polar surface area (TPSA) is 48.1 Å². The number of anilines is 1. The molecule has 0 aliphatic heterocycles. The summed E-state index contributed by atoms with van der Waals surface area (Å²) in [5.74, 6) is 0.789. The van der Waals surface area contributed by atoms with Crippen LogP contribution in [0.15, 0.2) is 30.5 Å². The minimum absolute atomic E-state index is 0.281. The molecular formula is C13H13FN2O. The van der Waals surface area contributed by atoms with E-state index >= 15 is 0 Å². The lowest BCUT2D eigenvalue weighted by Crippen LogP contribution is -1.95. The molecular weight excluding hydrogens is 219 g/mol. The number of ether oxygens (including phenoxy) is 1. The summed E-state index contributed by atoms with van der Waals surface area (Å²) in [5.41, 5.74) is 7.76. The Balaban J connectivity index is 2.31. The predicted octanol–water partition coefficient (Wildman–Crippen LogP) is 3.21. The highest BCUT2D eigenvalue weighted by molar-refractivity contribution is 5.44. The minimum atomic E-state index is -0.281. The summed E-state index contributed by atoms with van der Waals surface area (Å²) < 4.78 is 18.5. The first kappa shape index (κ1) is 11.4. The smallest absolute Gasteiger partial charge is 0.222 e. The molecule has 1 heterocycles. The minimum Gasteiger partial charge on any atom is -0.438 e. The number of hydrogen-bond donors (Lipinski definition) is 1. The molecule has 0 saturated carbocycles. The first-order chi connectivity index (χ1) is 8.06. The van der Waals surface area contributed by atoms with Gasteiger partial charge < -0.3 is 10.5 Å². The fourth-order valence-electron chi connectivity index (χ4n) is 1.52. The third-order valence-corrected chi connectivity index (χ3v) is 2.40. The van der Waals surface area contributed by atoms with Crippen molar-refractivity contribution in [3.05, 3.63) is 47.4 Å². The van der Waals surface area contributed by atoms with Crippen molar-refractivity contribution >= 4 is 5.69 Å². The van der Waals surface area contributed by atoms with E-state index in [4.69, 9.17) is 10.5 Å². The molecule has 4 heteroatoms. The van der Waals surface area contributed by atoms with Gasteiger partial charge in [-0.05, 0) is 43.7 Å². The maximum absolute atomic E-state index is 12.9. The third kappa shape index (κ3) is 2.53. The van der Waals surface area contributed by atoms with Gasteiger partial charge in [-0.15, -0.1) is 0 Å². The van der Waals surface area contributed by atoms with Crippen LogP contribution < -0.4 is 10.5 Å². The van der Waals surface area contributed by atoms with Crippen molar-refractivity contribution in [3.8, 4) is 11.6 Å². The monoisotopic (exact) mass is 232 g/mol. The van der Waals surface area contributed by atoms with E-state index in [1.807, 2.05) is 6.92 Å². The molecule has 0 saturated heterocycles. The van der Waals surface area contributed by atoms with E-state index in [2.05, 4.69) is 4.98 Å². The molecule has 1 aromatic heterocycles. The molecule has 3 nitrogen and oxygen atoms in total. The second kappa shape index (κ2) is 4.41. The number of nitrogens with zero attached hydrogens (tertiary/aromatic N) is 1. The fraction of sp³-hybridized carbons (Fsp3) is 0.154. The number of nitrogen functional groups attached to an aromatic ring is 1. The van der Waals surface area contributed by atoms with Crippen LogP contribution in [0.1, 0.15) is 11.1 Å². The Kier molecular flexibility index (Phi) is 2.95. The van der Waals surface area contributed by atoms with Crippen LogP contribution in [0, 0.1) is 19.7 Å². The summed E-state index contributed by atoms with van der Waals surface area (Å²) in [4.78, 5) is 4.10. The van der Waals surface area contributed by atoms with Crippen LogP contribution in [0.25, 0.3) is 0 Å². The summed E-state index contributed by atoms with van der Waals surface area (Å²) in [6.45, 7) is 3.64. The van der Waals surface area contributed by atoms with Gasteiger partial charge in [-0.2, -0.15) is 0 Å². The average Bonchev–Trinajstić information content (AvgIpc) is 2.25. The Hall–Kier alpha value is -2.10. The number of aromatic nitrogens is 1. The lowest BCUT2D eigenvalue weighted by atomic mass is 10.2. The van der Waals surface area contributed by atoms with Crippen molar-refractivity contribution in [1.82, 2.24) is 4.98 Å². The van der Waals surface area contributed by atoms with Gasteiger partial charge in [0.05, 0.1) is 11.9 Å². The molecule has 0 aliphatic carbocycles. The molecule has 0 fully saturated rings. The zero-order valence-corrected chi connectivity index (χ0v) is 9.70. The highest BCUT2D eigenvalue weighted by Gasteiger charge is 2.06. The first-order valence-electron chi connectivity index (χ1n) is 5.22. The normalized spacial score (nSPS) is 10.3. The predicted molar refractivity (Wildman–Crippen MR) is 64.6 cm³/mol. The summed E-state index contributed by atoms with van der Waals surface area (Å²) in [6.07, 6.45) is 1.53. The number of rotatable bonds is 2. The zero-order chi connectivity index (χ0) is 12.4. The van der Waals surface area contributed by atoms with Crippen LogP contribution in [0.5, 0.6) is 11.6 Å². The van der Waals surface area contributed by atoms with Crippen LogP contribution in [0.4, 0.5) is 10.1 Å². The van der Waals surface area contributed by atoms with Crippen LogP contribution in [-0.2, 0) is 0 Å². The van der Waals surface area contributed by atoms with Crippen LogP contribution in [0.2, 0.25) is 0 Å². The maximum atomic E-state index is 12.9. The summed E-state index contributed by atoms with van der Waals surface area (Å²) in [5, 5.41) is 0. The van der Waals surface area contributed by atoms with Gasteiger partial charge in [-0.1, -0.05) is 0 Å². The SMILES string of the molecule is Cc1cc(F)ccc1Oc1ncc(N)cc1C. The second-order valence-corrected chi connectivity index (χ2v) is 3.90. The van der Waals surface area contributed by atoms with E-state index in [1.165, 1.54) is 18.3 Å². The number of halogens is 1. The molecule has 2 rings (SSSR count). The molecule has 17 heavy (non-hydrogen) atoms. The first-order valence-corrected chi connectivity index (χ1v) is 5.22. The van der Waals surface area contributed by atoms with Gasteiger partial charge in [0.2, 0.25) is 5.88 Å². The lowest BCUT2D eigenvalue weighted by Gasteiger charge is -2.10. The van der Waals surface area contributed by atoms with Crippen molar-refractivity contribution in [2.24, 2.45) is 0 Å². The molecule has 1 aromatic carbocycles. The lowest BCUT2D eigenvalue weighted by molar-refractivity contribution is 0.454. The Morgan fingerprint density at radius 3 is 2.59 bits per heavy atom. The summed E-state index contributed by atoms with van der Waals surface area (Å²) in [6, 6.07) is 6.14. The molecule has 0 amide bonds. The Morgan fingerprint density at radius 2 is 1.94 bits per heavy atom. The van der Waals surface area contributed by atoms with Crippen molar-refractivity contribution < 1.29 is 9.13 Å². The number of aryl methyl sites for hydroxylation is 2. The molecule has 0 aliphatic rings. The Labute approximate surface area is 99.1 Å². The molecule has 0 bridgehead atoms. The fourth-order valence-corrected chi connectivity index (χ4v) is 1.52. The molecule has 0 spiro atoms. The largest absolute Gasteiger partial charge is 0.438 e. The van der Waals surface area contributed by atoms with Gasteiger partial charge in [0.1, 0.15) is 11.6 Å². The van der Waals surface area contributed by atoms with E-state index in [9.17, 15) is 4.39 Å². The van der Waals surface area contributed by atoms with E-state index in [-0.39, 0.29) is 5.82 Å². The van der Waals surface area contributed by atoms with E-state index in [0.717, 1.165) is 11.1 Å². The molecule has 2 aromatic rings. The Morgan fingerprint density at radius 1 is 1.18 bits per heavy atom. The maximum Gasteiger partial charge on any atom is 0.222 e. The molecule has 0 unspecified atom stereocenters. The number of hydrogen-bond acceptors (Lipinski definition) is 3.